The lowest BCUT2D eigenvalue weighted by Gasteiger charge is -2.07. The lowest BCUT2D eigenvalue weighted by atomic mass is 10.2. The molecule has 0 spiro atoms. The molecule has 0 bridgehead atoms. The summed E-state index contributed by atoms with van der Waals surface area (Å²) in [6.07, 6.45) is 1.34. The normalized spacial score (nSPS) is 10.2. The van der Waals surface area contributed by atoms with E-state index in [9.17, 15) is 4.39 Å². The van der Waals surface area contributed by atoms with Gasteiger partial charge in [0.25, 0.3) is 0 Å². The zero-order valence-electron chi connectivity index (χ0n) is 9.16. The Balaban J connectivity index is 2.27. The Kier molecular flexibility index (Phi) is 2.81. The third-order valence-corrected chi connectivity index (χ3v) is 2.28. The van der Waals surface area contributed by atoms with Gasteiger partial charge >= 0.3 is 0 Å². The maximum Gasteiger partial charge on any atom is 0.186 e. The van der Waals surface area contributed by atoms with Crippen molar-refractivity contribution in [2.75, 3.05) is 5.32 Å². The molecule has 3 nitrogen and oxygen atoms in total. The Hall–Kier alpha value is -1.97. The van der Waals surface area contributed by atoms with Gasteiger partial charge in [0.05, 0.1) is 5.69 Å². The average Bonchev–Trinajstić information content (AvgIpc) is 2.28. The Morgan fingerprint density at radius 2 is 1.75 bits per heavy atom. The highest BCUT2D eigenvalue weighted by atomic mass is 19.1. The third kappa shape index (κ3) is 2.16. The molecule has 0 aliphatic heterocycles. The fourth-order valence-electron chi connectivity index (χ4n) is 1.32. The van der Waals surface area contributed by atoms with Crippen LogP contribution in [0.15, 0.2) is 30.6 Å². The lowest BCUT2D eigenvalue weighted by Crippen LogP contribution is -2.00. The van der Waals surface area contributed by atoms with E-state index < -0.39 is 5.82 Å². The quantitative estimate of drug-likeness (QED) is 0.840. The van der Waals surface area contributed by atoms with Gasteiger partial charge < -0.3 is 5.32 Å². The molecule has 0 saturated heterocycles. The fourth-order valence-corrected chi connectivity index (χ4v) is 1.32. The summed E-state index contributed by atoms with van der Waals surface area (Å²) in [5.41, 5.74) is 2.30. The van der Waals surface area contributed by atoms with Gasteiger partial charge in [0.1, 0.15) is 6.33 Å². The highest BCUT2D eigenvalue weighted by molar-refractivity contribution is 5.56. The maximum atomic E-state index is 13.6. The van der Waals surface area contributed by atoms with Crippen LogP contribution in [-0.2, 0) is 0 Å². The molecule has 1 N–H and O–H groups in total. The predicted octanol–water partition coefficient (Wildman–Crippen LogP) is 2.98. The van der Waals surface area contributed by atoms with Crippen molar-refractivity contribution in [1.82, 2.24) is 9.97 Å². The van der Waals surface area contributed by atoms with Crippen LogP contribution in [0.2, 0.25) is 0 Å². The molecule has 0 fully saturated rings. The van der Waals surface area contributed by atoms with Crippen LogP contribution in [-0.4, -0.2) is 9.97 Å². The number of anilines is 2. The number of nitrogens with zero attached hydrogens (tertiary/aromatic N) is 2. The van der Waals surface area contributed by atoms with E-state index in [4.69, 9.17) is 0 Å². The van der Waals surface area contributed by atoms with Crippen molar-refractivity contribution in [3.05, 3.63) is 47.7 Å². The first kappa shape index (κ1) is 10.5. The van der Waals surface area contributed by atoms with E-state index in [1.807, 2.05) is 31.2 Å². The van der Waals surface area contributed by atoms with Crippen LogP contribution < -0.4 is 5.32 Å². The van der Waals surface area contributed by atoms with Gasteiger partial charge in [-0.3, -0.25) is 0 Å². The number of nitrogens with one attached hydrogen (secondary N) is 1. The van der Waals surface area contributed by atoms with Gasteiger partial charge in [-0.15, -0.1) is 0 Å². The number of aromatic nitrogens is 2. The number of hydrogen-bond donors (Lipinski definition) is 1. The molecule has 16 heavy (non-hydrogen) atoms. The monoisotopic (exact) mass is 217 g/mol. The Labute approximate surface area is 93.4 Å². The minimum atomic E-state index is -0.414. The minimum absolute atomic E-state index is 0.205. The number of rotatable bonds is 2. The summed E-state index contributed by atoms with van der Waals surface area (Å²) in [4.78, 5) is 7.63. The molecule has 82 valence electrons. The second kappa shape index (κ2) is 4.26. The van der Waals surface area contributed by atoms with Crippen molar-refractivity contribution in [3.8, 4) is 0 Å². The zero-order valence-corrected chi connectivity index (χ0v) is 9.16. The summed E-state index contributed by atoms with van der Waals surface area (Å²) >= 11 is 0. The number of benzene rings is 1. The van der Waals surface area contributed by atoms with Gasteiger partial charge in [0.15, 0.2) is 11.6 Å². The Morgan fingerprint density at radius 1 is 1.06 bits per heavy atom. The topological polar surface area (TPSA) is 37.8 Å². The third-order valence-electron chi connectivity index (χ3n) is 2.28. The summed E-state index contributed by atoms with van der Waals surface area (Å²) in [7, 11) is 0. The van der Waals surface area contributed by atoms with Crippen molar-refractivity contribution in [2.24, 2.45) is 0 Å². The van der Waals surface area contributed by atoms with Gasteiger partial charge in [-0.1, -0.05) is 17.7 Å². The second-order valence-electron chi connectivity index (χ2n) is 3.61. The predicted molar refractivity (Wildman–Crippen MR) is 61.2 cm³/mol. The van der Waals surface area contributed by atoms with Crippen molar-refractivity contribution in [1.29, 1.82) is 0 Å². The van der Waals surface area contributed by atoms with Crippen LogP contribution in [0.3, 0.4) is 0 Å². The van der Waals surface area contributed by atoms with Gasteiger partial charge in [-0.2, -0.15) is 0 Å². The summed E-state index contributed by atoms with van der Waals surface area (Å²) in [6.45, 7) is 3.61. The molecule has 4 heteroatoms. The molecule has 2 aromatic rings. The van der Waals surface area contributed by atoms with Crippen LogP contribution in [0.4, 0.5) is 15.9 Å². The molecule has 0 atom stereocenters. The first-order valence-corrected chi connectivity index (χ1v) is 4.97. The molecular weight excluding hydrogens is 205 g/mol. The van der Waals surface area contributed by atoms with Crippen molar-refractivity contribution >= 4 is 11.5 Å². The number of hydrogen-bond acceptors (Lipinski definition) is 3. The molecule has 1 aromatic carbocycles. The van der Waals surface area contributed by atoms with Crippen LogP contribution in [0.25, 0.3) is 0 Å². The molecule has 0 amide bonds. The zero-order chi connectivity index (χ0) is 11.5. The first-order valence-electron chi connectivity index (χ1n) is 4.97. The van der Waals surface area contributed by atoms with Crippen molar-refractivity contribution in [2.45, 2.75) is 13.8 Å². The number of halogens is 1. The molecule has 0 aliphatic carbocycles. The molecule has 0 saturated carbocycles. The standard InChI is InChI=1S/C12H12FN3/c1-8-3-5-10(6-4-8)16-12-11(13)9(2)14-7-15-12/h3-7H,1-2H3,(H,14,15,16). The summed E-state index contributed by atoms with van der Waals surface area (Å²) in [6, 6.07) is 7.67. The van der Waals surface area contributed by atoms with Crippen LogP contribution in [0.5, 0.6) is 0 Å². The van der Waals surface area contributed by atoms with E-state index in [-0.39, 0.29) is 5.82 Å². The van der Waals surface area contributed by atoms with Gasteiger partial charge in [0.2, 0.25) is 0 Å². The van der Waals surface area contributed by atoms with Crippen molar-refractivity contribution < 1.29 is 4.39 Å². The van der Waals surface area contributed by atoms with Crippen LogP contribution in [0.1, 0.15) is 11.3 Å². The summed E-state index contributed by atoms with van der Waals surface area (Å²) < 4.78 is 13.6. The molecule has 1 aromatic heterocycles. The Morgan fingerprint density at radius 3 is 2.44 bits per heavy atom. The van der Waals surface area contributed by atoms with E-state index in [2.05, 4.69) is 15.3 Å². The Bertz CT molecular complexity index is 494. The van der Waals surface area contributed by atoms with Gasteiger partial charge in [-0.25, -0.2) is 14.4 Å². The first-order chi connectivity index (χ1) is 7.66. The second-order valence-corrected chi connectivity index (χ2v) is 3.61. The highest BCUT2D eigenvalue weighted by Gasteiger charge is 2.07. The largest absolute Gasteiger partial charge is 0.338 e. The van der Waals surface area contributed by atoms with Crippen LogP contribution in [0, 0.1) is 19.7 Å². The minimum Gasteiger partial charge on any atom is -0.338 e. The average molecular weight is 217 g/mol. The van der Waals surface area contributed by atoms with Gasteiger partial charge in [0, 0.05) is 5.69 Å². The summed E-state index contributed by atoms with van der Waals surface area (Å²) in [5.74, 6) is -0.209. The lowest BCUT2D eigenvalue weighted by molar-refractivity contribution is 0.607. The summed E-state index contributed by atoms with van der Waals surface area (Å²) in [5, 5.41) is 2.91. The number of aryl methyl sites for hydroxylation is 2. The fraction of sp³-hybridized carbons (Fsp3) is 0.167. The van der Waals surface area contributed by atoms with E-state index in [0.717, 1.165) is 11.3 Å². The molecule has 1 heterocycles. The van der Waals surface area contributed by atoms with E-state index in [1.54, 1.807) is 6.92 Å². The highest BCUT2D eigenvalue weighted by Crippen LogP contribution is 2.18. The molecule has 0 aliphatic rings. The maximum absolute atomic E-state index is 13.6. The van der Waals surface area contributed by atoms with Crippen LogP contribution >= 0.6 is 0 Å². The smallest absolute Gasteiger partial charge is 0.186 e. The van der Waals surface area contributed by atoms with Crippen molar-refractivity contribution in [3.63, 3.8) is 0 Å². The van der Waals surface area contributed by atoms with E-state index in [0.29, 0.717) is 5.69 Å². The van der Waals surface area contributed by atoms with Gasteiger partial charge in [-0.05, 0) is 26.0 Å². The van der Waals surface area contributed by atoms with E-state index in [1.165, 1.54) is 6.33 Å². The molecule has 0 radical (unpaired) electrons. The SMILES string of the molecule is Cc1ccc(Nc2ncnc(C)c2F)cc1. The molecule has 0 unspecified atom stereocenters. The van der Waals surface area contributed by atoms with E-state index >= 15 is 0 Å². The molecular formula is C12H12FN3. The molecule has 2 rings (SSSR count).